The number of amides is 5. The number of rotatable bonds is 13. The molecule has 4 fully saturated rings. The summed E-state index contributed by atoms with van der Waals surface area (Å²) in [5.74, 6) is -2.42. The van der Waals surface area contributed by atoms with E-state index in [0.29, 0.717) is 25.7 Å². The molecule has 12 nitrogen and oxygen atoms in total. The molecule has 1 aliphatic heterocycles. The average molecular weight is 704 g/mol. The zero-order valence-electron chi connectivity index (χ0n) is 30.2. The number of nitrogens with zero attached hydrogens (tertiary/aromatic N) is 1. The summed E-state index contributed by atoms with van der Waals surface area (Å²) in [5, 5.41) is 11.2. The Morgan fingerprint density at radius 1 is 0.959 bits per heavy atom. The van der Waals surface area contributed by atoms with Crippen molar-refractivity contribution in [2.45, 2.75) is 141 Å². The highest BCUT2D eigenvalue weighted by molar-refractivity contribution is 7.92. The van der Waals surface area contributed by atoms with Crippen LogP contribution in [0.2, 0.25) is 0 Å². The van der Waals surface area contributed by atoms with Gasteiger partial charge in [-0.25, -0.2) is 13.2 Å². The van der Waals surface area contributed by atoms with E-state index in [1.807, 2.05) is 20.8 Å². The summed E-state index contributed by atoms with van der Waals surface area (Å²) in [4.78, 5) is 69.5. The quantitative estimate of drug-likeness (QED) is 0.168. The topological polar surface area (TPSA) is 171 Å². The van der Waals surface area contributed by atoms with Crippen LogP contribution in [0.3, 0.4) is 0 Å². The van der Waals surface area contributed by atoms with E-state index >= 15 is 0 Å². The summed E-state index contributed by atoms with van der Waals surface area (Å²) in [6.45, 7) is 14.4. The summed E-state index contributed by atoms with van der Waals surface area (Å²) in [5.41, 5.74) is 0.239. The lowest BCUT2D eigenvalue weighted by Gasteiger charge is -2.41. The Morgan fingerprint density at radius 3 is 2.12 bits per heavy atom. The fourth-order valence-electron chi connectivity index (χ4n) is 6.90. The molecule has 4 N–H and O–H groups in total. The van der Waals surface area contributed by atoms with Crippen LogP contribution in [0, 0.1) is 11.3 Å². The Labute approximate surface area is 292 Å². The monoisotopic (exact) mass is 703 g/mol. The minimum absolute atomic E-state index is 0.123. The van der Waals surface area contributed by atoms with Crippen molar-refractivity contribution in [2.75, 3.05) is 18.8 Å². The number of urea groups is 1. The first-order valence-electron chi connectivity index (χ1n) is 17.8. The zero-order chi connectivity index (χ0) is 36.4. The Morgan fingerprint density at radius 2 is 1.59 bits per heavy atom. The van der Waals surface area contributed by atoms with Crippen LogP contribution >= 0.6 is 0 Å². The lowest BCUT2D eigenvalue weighted by molar-refractivity contribution is -0.143. The van der Waals surface area contributed by atoms with Crippen LogP contribution in [0.25, 0.3) is 0 Å². The largest absolute Gasteiger partial charge is 0.346 e. The van der Waals surface area contributed by atoms with Crippen LogP contribution in [-0.4, -0.2) is 90.1 Å². The highest BCUT2D eigenvalue weighted by atomic mass is 32.2. The summed E-state index contributed by atoms with van der Waals surface area (Å²) in [7, 11) is -3.56. The number of hydrogen-bond donors (Lipinski definition) is 4. The van der Waals surface area contributed by atoms with Gasteiger partial charge in [0.25, 0.3) is 5.91 Å². The molecule has 5 amide bonds. The van der Waals surface area contributed by atoms with Crippen molar-refractivity contribution in [2.24, 2.45) is 11.3 Å². The van der Waals surface area contributed by atoms with Crippen LogP contribution < -0.4 is 21.3 Å². The molecule has 13 heteroatoms. The molecule has 0 spiro atoms. The van der Waals surface area contributed by atoms with E-state index in [2.05, 4.69) is 27.8 Å². The molecule has 0 aromatic carbocycles. The van der Waals surface area contributed by atoms with E-state index in [4.69, 9.17) is 0 Å². The van der Waals surface area contributed by atoms with Gasteiger partial charge in [-0.05, 0) is 76.2 Å². The number of carbonyl (C=O) groups is 5. The first kappa shape index (κ1) is 38.6. The van der Waals surface area contributed by atoms with E-state index in [-0.39, 0.29) is 24.8 Å². The summed E-state index contributed by atoms with van der Waals surface area (Å²) in [6.07, 6.45) is 9.36. The van der Waals surface area contributed by atoms with Crippen molar-refractivity contribution in [3.05, 3.63) is 23.8 Å². The standard InChI is InChI=1S/C36H57N5O7S/c1-8-19-37-31(44)28(42)26(21-23-12-13-23)38-30(43)27-25(24-14-15-24)16-20-41(27)32(45)29(34(2,3)4)39-33(46)40-36(17-10-9-11-18-36)22-49(47,48)35(5,6)7/h8,23,26-27,29H,1,9-22H2,2-7H3,(H,37,44)(H,38,43)(H2,39,40,46)/t26?,27-,29+/m0/s1. The normalized spacial score (nSPS) is 22.1. The van der Waals surface area contributed by atoms with Crippen molar-refractivity contribution >= 4 is 39.4 Å². The maximum Gasteiger partial charge on any atom is 0.315 e. The van der Waals surface area contributed by atoms with Gasteiger partial charge in [-0.15, -0.1) is 6.58 Å². The number of ketones is 1. The molecule has 1 saturated heterocycles. The Bertz CT molecular complexity index is 1460. The Balaban J connectivity index is 1.56. The lowest BCUT2D eigenvalue weighted by atomic mass is 9.83. The van der Waals surface area contributed by atoms with E-state index in [1.165, 1.54) is 11.0 Å². The van der Waals surface area contributed by atoms with Crippen molar-refractivity contribution < 1.29 is 32.4 Å². The molecule has 0 aromatic heterocycles. The number of allylic oxidation sites excluding steroid dienone is 1. The van der Waals surface area contributed by atoms with E-state index in [9.17, 15) is 32.4 Å². The third-order valence-electron chi connectivity index (χ3n) is 10.3. The predicted octanol–water partition coefficient (Wildman–Crippen LogP) is 3.46. The molecule has 1 unspecified atom stereocenters. The van der Waals surface area contributed by atoms with Crippen molar-refractivity contribution in [3.63, 3.8) is 0 Å². The molecule has 3 aliphatic carbocycles. The van der Waals surface area contributed by atoms with Gasteiger partial charge in [0.2, 0.25) is 17.6 Å². The van der Waals surface area contributed by atoms with Gasteiger partial charge in [0.15, 0.2) is 9.84 Å². The Kier molecular flexibility index (Phi) is 11.8. The van der Waals surface area contributed by atoms with Gasteiger partial charge in [0, 0.05) is 13.1 Å². The van der Waals surface area contributed by atoms with Crippen LogP contribution in [-0.2, 0) is 29.0 Å². The molecule has 3 saturated carbocycles. The van der Waals surface area contributed by atoms with E-state index in [0.717, 1.165) is 56.1 Å². The fourth-order valence-corrected chi connectivity index (χ4v) is 8.42. The number of carbonyl (C=O) groups excluding carboxylic acids is 5. The SMILES string of the molecule is C=CCNC(=O)C(=O)C(CC1CC1)NC(=O)[C@@H]1C(=C2CC2)CCN1C(=O)[C@@H](NC(=O)NC1(CS(=O)(=O)C(C)(C)C)CCCCC1)C(C)(C)C. The molecule has 4 aliphatic rings. The van der Waals surface area contributed by atoms with Crippen LogP contribution in [0.4, 0.5) is 4.79 Å². The fraction of sp³-hybridized carbons (Fsp3) is 0.750. The van der Waals surface area contributed by atoms with Crippen LogP contribution in [0.15, 0.2) is 23.8 Å². The third-order valence-corrected chi connectivity index (χ3v) is 13.1. The minimum atomic E-state index is -3.56. The molecular formula is C36H57N5O7S. The zero-order valence-corrected chi connectivity index (χ0v) is 31.0. The maximum absolute atomic E-state index is 14.4. The molecule has 0 radical (unpaired) electrons. The molecule has 4 rings (SSSR count). The van der Waals surface area contributed by atoms with Gasteiger partial charge < -0.3 is 26.2 Å². The summed E-state index contributed by atoms with van der Waals surface area (Å²) in [6, 6.07) is -3.65. The highest BCUT2D eigenvalue weighted by Crippen LogP contribution is 2.40. The number of hydrogen-bond acceptors (Lipinski definition) is 7. The second-order valence-corrected chi connectivity index (χ2v) is 19.3. The first-order chi connectivity index (χ1) is 22.8. The van der Waals surface area contributed by atoms with Gasteiger partial charge in [0.05, 0.1) is 22.1 Å². The maximum atomic E-state index is 14.4. The molecule has 1 heterocycles. The summed E-state index contributed by atoms with van der Waals surface area (Å²) >= 11 is 0. The predicted molar refractivity (Wildman–Crippen MR) is 188 cm³/mol. The Hall–Kier alpha value is -3.22. The van der Waals surface area contributed by atoms with E-state index < -0.39 is 73.2 Å². The molecule has 0 bridgehead atoms. The van der Waals surface area contributed by atoms with Crippen LogP contribution in [0.5, 0.6) is 0 Å². The second-order valence-electron chi connectivity index (χ2n) is 16.5. The second kappa shape index (κ2) is 14.9. The van der Waals surface area contributed by atoms with Crippen molar-refractivity contribution in [3.8, 4) is 0 Å². The van der Waals surface area contributed by atoms with Crippen molar-refractivity contribution in [1.29, 1.82) is 0 Å². The third kappa shape index (κ3) is 9.73. The van der Waals surface area contributed by atoms with Gasteiger partial charge in [-0.1, -0.05) is 64.5 Å². The molecule has 0 aromatic rings. The minimum Gasteiger partial charge on any atom is -0.346 e. The van der Waals surface area contributed by atoms with Gasteiger partial charge in [-0.3, -0.25) is 19.2 Å². The van der Waals surface area contributed by atoms with Gasteiger partial charge >= 0.3 is 6.03 Å². The van der Waals surface area contributed by atoms with Gasteiger partial charge in [-0.2, -0.15) is 0 Å². The average Bonchev–Trinajstić information content (AvgIpc) is 3.95. The number of sulfone groups is 1. The highest BCUT2D eigenvalue weighted by Gasteiger charge is 2.48. The number of nitrogens with one attached hydrogen (secondary N) is 4. The molecule has 49 heavy (non-hydrogen) atoms. The summed E-state index contributed by atoms with van der Waals surface area (Å²) < 4.78 is 25.6. The van der Waals surface area contributed by atoms with E-state index in [1.54, 1.807) is 20.8 Å². The first-order valence-corrected chi connectivity index (χ1v) is 19.5. The van der Waals surface area contributed by atoms with Crippen LogP contribution in [0.1, 0.15) is 112 Å². The number of likely N-dealkylation sites (tertiary alicyclic amines) is 1. The molecule has 274 valence electrons. The van der Waals surface area contributed by atoms with Gasteiger partial charge in [0.1, 0.15) is 12.1 Å². The lowest BCUT2D eigenvalue weighted by Crippen LogP contribution is -2.63. The smallest absolute Gasteiger partial charge is 0.315 e. The van der Waals surface area contributed by atoms with Crippen molar-refractivity contribution in [1.82, 2.24) is 26.2 Å². The molecule has 3 atom stereocenters. The number of Topliss-reactive ketones (excluding diaryl/α,β-unsaturated/α-hetero) is 1. The molecular weight excluding hydrogens is 646 g/mol.